The van der Waals surface area contributed by atoms with Crippen molar-refractivity contribution in [2.24, 2.45) is 0 Å². The monoisotopic (exact) mass is 180 g/mol. The summed E-state index contributed by atoms with van der Waals surface area (Å²) in [6.07, 6.45) is -3.89. The van der Waals surface area contributed by atoms with E-state index in [0.717, 1.165) is 12.3 Å². The van der Waals surface area contributed by atoms with E-state index in [4.69, 9.17) is 0 Å². The third kappa shape index (κ3) is 2.30. The number of carbonyl (C=O) groups is 1. The van der Waals surface area contributed by atoms with Crippen LogP contribution in [-0.2, 0) is 4.74 Å². The Morgan fingerprint density at radius 1 is 1.50 bits per heavy atom. The summed E-state index contributed by atoms with van der Waals surface area (Å²) < 4.78 is 41.7. The van der Waals surface area contributed by atoms with Gasteiger partial charge in [-0.05, 0) is 12.1 Å². The molecule has 0 aliphatic carbocycles. The Bertz CT molecular complexity index is 262. The Labute approximate surface area is 64.7 Å². The molecule has 0 saturated heterocycles. The van der Waals surface area contributed by atoms with E-state index in [1.807, 2.05) is 0 Å². The van der Waals surface area contributed by atoms with Crippen molar-refractivity contribution in [3.05, 3.63) is 24.2 Å². The first kappa shape index (κ1) is 8.63. The largest absolute Gasteiger partial charge is 0.575 e. The zero-order valence-corrected chi connectivity index (χ0v) is 5.59. The second-order valence-corrected chi connectivity index (χ2v) is 1.81. The van der Waals surface area contributed by atoms with Crippen molar-refractivity contribution in [1.82, 2.24) is 0 Å². The van der Waals surface area contributed by atoms with E-state index in [0.29, 0.717) is 0 Å². The highest BCUT2D eigenvalue weighted by Crippen LogP contribution is 2.18. The number of furan rings is 1. The van der Waals surface area contributed by atoms with Crippen LogP contribution in [-0.4, -0.2) is 12.3 Å². The molecule has 0 unspecified atom stereocenters. The lowest BCUT2D eigenvalue weighted by Gasteiger charge is -2.04. The lowest BCUT2D eigenvalue weighted by atomic mass is 10.5. The van der Waals surface area contributed by atoms with Crippen LogP contribution in [0.15, 0.2) is 22.8 Å². The van der Waals surface area contributed by atoms with Gasteiger partial charge in [-0.2, -0.15) is 0 Å². The highest BCUT2D eigenvalue weighted by atomic mass is 19.4. The second-order valence-electron chi connectivity index (χ2n) is 1.81. The lowest BCUT2D eigenvalue weighted by Crippen LogP contribution is -2.18. The Morgan fingerprint density at radius 2 is 2.17 bits per heavy atom. The Balaban J connectivity index is 2.63. The maximum atomic E-state index is 11.4. The average Bonchev–Trinajstić information content (AvgIpc) is 2.32. The minimum absolute atomic E-state index is 0.479. The van der Waals surface area contributed by atoms with Crippen molar-refractivity contribution < 1.29 is 27.1 Å². The van der Waals surface area contributed by atoms with Gasteiger partial charge in [-0.3, -0.25) is 0 Å². The third-order valence-electron chi connectivity index (χ3n) is 0.931. The zero-order chi connectivity index (χ0) is 9.19. The summed E-state index contributed by atoms with van der Waals surface area (Å²) in [5.74, 6) is -2.03. The molecule has 1 aromatic heterocycles. The van der Waals surface area contributed by atoms with Gasteiger partial charge in [0.05, 0.1) is 6.26 Å². The molecule has 6 heteroatoms. The van der Waals surface area contributed by atoms with Crippen LogP contribution in [0.1, 0.15) is 10.6 Å². The van der Waals surface area contributed by atoms with Gasteiger partial charge in [-0.1, -0.05) is 0 Å². The van der Waals surface area contributed by atoms with Crippen LogP contribution in [0.5, 0.6) is 0 Å². The Kier molecular flexibility index (Phi) is 2.07. The standard InChI is InChI=1S/C6H3F3O3/c7-6(8,9)12-5(10)4-2-1-3-11-4/h1-3H. The fourth-order valence-corrected chi connectivity index (χ4v) is 0.550. The van der Waals surface area contributed by atoms with E-state index in [1.165, 1.54) is 6.07 Å². The zero-order valence-electron chi connectivity index (χ0n) is 5.59. The molecule has 1 aromatic rings. The van der Waals surface area contributed by atoms with Gasteiger partial charge in [-0.15, -0.1) is 13.2 Å². The van der Waals surface area contributed by atoms with Crippen LogP contribution < -0.4 is 0 Å². The molecular weight excluding hydrogens is 177 g/mol. The number of halogens is 3. The number of rotatable bonds is 1. The molecule has 66 valence electrons. The Hall–Kier alpha value is -1.46. The molecule has 0 fully saturated rings. The van der Waals surface area contributed by atoms with Crippen LogP contribution in [0.4, 0.5) is 13.2 Å². The number of esters is 1. The third-order valence-corrected chi connectivity index (χ3v) is 0.931. The van der Waals surface area contributed by atoms with Crippen molar-refractivity contribution >= 4 is 5.97 Å². The van der Waals surface area contributed by atoms with Crippen molar-refractivity contribution in [3.63, 3.8) is 0 Å². The molecule has 3 nitrogen and oxygen atoms in total. The molecule has 0 aromatic carbocycles. The predicted octanol–water partition coefficient (Wildman–Crippen LogP) is 1.96. The van der Waals surface area contributed by atoms with Gasteiger partial charge in [-0.25, -0.2) is 4.79 Å². The van der Waals surface area contributed by atoms with Gasteiger partial charge in [0, 0.05) is 0 Å². The first-order valence-corrected chi connectivity index (χ1v) is 2.82. The van der Waals surface area contributed by atoms with Crippen molar-refractivity contribution in [2.75, 3.05) is 0 Å². The molecule has 0 amide bonds. The summed E-state index contributed by atoms with van der Waals surface area (Å²) in [6, 6.07) is 2.36. The van der Waals surface area contributed by atoms with Crippen molar-refractivity contribution in [1.29, 1.82) is 0 Å². The molecule has 0 aliphatic rings. The molecule has 0 N–H and O–H groups in total. The molecule has 0 aliphatic heterocycles. The molecule has 1 heterocycles. The van der Waals surface area contributed by atoms with Crippen LogP contribution >= 0.6 is 0 Å². The second kappa shape index (κ2) is 2.88. The summed E-state index contributed by atoms with van der Waals surface area (Å²) >= 11 is 0. The quantitative estimate of drug-likeness (QED) is 0.620. The van der Waals surface area contributed by atoms with Gasteiger partial charge in [0.25, 0.3) is 0 Å². The molecule has 0 spiro atoms. The van der Waals surface area contributed by atoms with Crippen LogP contribution in [0.2, 0.25) is 0 Å². The van der Waals surface area contributed by atoms with E-state index < -0.39 is 18.1 Å². The number of alkyl halides is 3. The molecule has 0 bridgehead atoms. The van der Waals surface area contributed by atoms with E-state index in [9.17, 15) is 18.0 Å². The van der Waals surface area contributed by atoms with E-state index >= 15 is 0 Å². The number of carbonyl (C=O) groups excluding carboxylic acids is 1. The minimum Gasteiger partial charge on any atom is -0.457 e. The molecule has 0 atom stereocenters. The summed E-state index contributed by atoms with van der Waals surface area (Å²) in [6.45, 7) is 0. The van der Waals surface area contributed by atoms with Gasteiger partial charge < -0.3 is 9.15 Å². The molecule has 1 rings (SSSR count). The van der Waals surface area contributed by atoms with E-state index in [-0.39, 0.29) is 0 Å². The summed E-state index contributed by atoms with van der Waals surface area (Å²) in [5, 5.41) is 0. The summed E-state index contributed by atoms with van der Waals surface area (Å²) in [5.41, 5.74) is 0. The van der Waals surface area contributed by atoms with Gasteiger partial charge >= 0.3 is 12.3 Å². The molecule has 0 saturated carbocycles. The molecular formula is C6H3F3O3. The van der Waals surface area contributed by atoms with Crippen LogP contribution in [0.25, 0.3) is 0 Å². The highest BCUT2D eigenvalue weighted by Gasteiger charge is 2.35. The molecule has 12 heavy (non-hydrogen) atoms. The van der Waals surface area contributed by atoms with E-state index in [1.54, 1.807) is 0 Å². The maximum absolute atomic E-state index is 11.4. The Morgan fingerprint density at radius 3 is 2.58 bits per heavy atom. The normalized spacial score (nSPS) is 11.2. The SMILES string of the molecule is O=C(OC(F)(F)F)c1ccco1. The van der Waals surface area contributed by atoms with E-state index in [2.05, 4.69) is 9.15 Å². The minimum atomic E-state index is -4.97. The summed E-state index contributed by atoms with van der Waals surface area (Å²) in [7, 11) is 0. The first-order chi connectivity index (χ1) is 5.49. The number of hydrogen-bond acceptors (Lipinski definition) is 3. The fraction of sp³-hybridized carbons (Fsp3) is 0.167. The summed E-state index contributed by atoms with van der Waals surface area (Å²) in [4.78, 5) is 10.5. The van der Waals surface area contributed by atoms with Crippen molar-refractivity contribution in [2.45, 2.75) is 6.36 Å². The lowest BCUT2D eigenvalue weighted by molar-refractivity contribution is -0.292. The maximum Gasteiger partial charge on any atom is 0.575 e. The predicted molar refractivity (Wildman–Crippen MR) is 30.2 cm³/mol. The van der Waals surface area contributed by atoms with Crippen LogP contribution in [0, 0.1) is 0 Å². The fourth-order valence-electron chi connectivity index (χ4n) is 0.550. The van der Waals surface area contributed by atoms with Crippen molar-refractivity contribution in [3.8, 4) is 0 Å². The highest BCUT2D eigenvalue weighted by molar-refractivity contribution is 5.86. The number of hydrogen-bond donors (Lipinski definition) is 0. The van der Waals surface area contributed by atoms with Crippen LogP contribution in [0.3, 0.4) is 0 Å². The first-order valence-electron chi connectivity index (χ1n) is 2.82. The topological polar surface area (TPSA) is 39.4 Å². The molecule has 0 radical (unpaired) electrons. The van der Waals surface area contributed by atoms with Gasteiger partial charge in [0.2, 0.25) is 5.76 Å². The van der Waals surface area contributed by atoms with Gasteiger partial charge in [0.1, 0.15) is 0 Å². The van der Waals surface area contributed by atoms with Gasteiger partial charge in [0.15, 0.2) is 0 Å². The smallest absolute Gasteiger partial charge is 0.457 e. The average molecular weight is 180 g/mol. The number of ether oxygens (including phenoxy) is 1.